The van der Waals surface area contributed by atoms with Crippen LogP contribution in [0.3, 0.4) is 0 Å². The minimum absolute atomic E-state index is 0.0701. The van der Waals surface area contributed by atoms with Crippen molar-refractivity contribution < 1.29 is 19.1 Å². The van der Waals surface area contributed by atoms with E-state index in [-0.39, 0.29) is 30.5 Å². The Hall–Kier alpha value is -1.65. The van der Waals surface area contributed by atoms with Gasteiger partial charge in [-0.15, -0.1) is 0 Å². The molecule has 0 amide bonds. The van der Waals surface area contributed by atoms with Crippen LogP contribution < -0.4 is 0 Å². The maximum atomic E-state index is 12.7. The van der Waals surface area contributed by atoms with Crippen LogP contribution in [0.1, 0.15) is 53.2 Å². The van der Waals surface area contributed by atoms with E-state index in [1.54, 1.807) is 6.08 Å². The van der Waals surface area contributed by atoms with Crippen molar-refractivity contribution in [3.05, 3.63) is 45.5 Å². The molecule has 2 heterocycles. The molecule has 1 fully saturated rings. The zero-order valence-electron chi connectivity index (χ0n) is 14.8. The predicted octanol–water partition coefficient (Wildman–Crippen LogP) is 4.12. The molecule has 25 heavy (non-hydrogen) atoms. The van der Waals surface area contributed by atoms with Crippen molar-refractivity contribution in [1.29, 1.82) is 0 Å². The van der Waals surface area contributed by atoms with Gasteiger partial charge in [0.1, 0.15) is 6.10 Å². The van der Waals surface area contributed by atoms with E-state index in [4.69, 9.17) is 21.1 Å². The Kier molecular flexibility index (Phi) is 5.30. The highest BCUT2D eigenvalue weighted by Crippen LogP contribution is 2.33. The number of rotatable bonds is 0. The summed E-state index contributed by atoms with van der Waals surface area (Å²) in [5.41, 5.74) is 2.60. The zero-order valence-corrected chi connectivity index (χ0v) is 15.6. The second kappa shape index (κ2) is 7.30. The monoisotopic (exact) mass is 362 g/mol. The molecule has 1 saturated heterocycles. The first kappa shape index (κ1) is 18.2. The van der Waals surface area contributed by atoms with Gasteiger partial charge in [0.05, 0.1) is 17.8 Å². The summed E-state index contributed by atoms with van der Waals surface area (Å²) in [6.07, 6.45) is 6.02. The lowest BCUT2D eigenvalue weighted by atomic mass is 9.94. The highest BCUT2D eigenvalue weighted by molar-refractivity contribution is 6.33. The molecule has 3 rings (SSSR count). The second-order valence-electron chi connectivity index (χ2n) is 6.97. The maximum Gasteiger partial charge on any atom is 0.339 e. The lowest BCUT2D eigenvalue weighted by molar-refractivity contribution is -0.114. The van der Waals surface area contributed by atoms with E-state index < -0.39 is 5.97 Å². The number of epoxide rings is 1. The number of hydrogen-bond donors (Lipinski definition) is 0. The van der Waals surface area contributed by atoms with Gasteiger partial charge in [-0.2, -0.15) is 0 Å². The van der Waals surface area contributed by atoms with E-state index >= 15 is 0 Å². The quantitative estimate of drug-likeness (QED) is 0.514. The van der Waals surface area contributed by atoms with Crippen LogP contribution in [-0.4, -0.2) is 30.1 Å². The van der Waals surface area contributed by atoms with Gasteiger partial charge in [-0.3, -0.25) is 4.79 Å². The van der Waals surface area contributed by atoms with Gasteiger partial charge in [0, 0.05) is 17.9 Å². The molecule has 0 N–H and O–H groups in total. The van der Waals surface area contributed by atoms with Crippen LogP contribution >= 0.6 is 11.6 Å². The molecule has 0 bridgehead atoms. The number of carbonyl (C=O) groups is 2. The fraction of sp³-hybridized carbons (Fsp3) is 0.500. The molecule has 1 aromatic rings. The topological polar surface area (TPSA) is 55.9 Å². The van der Waals surface area contributed by atoms with Crippen molar-refractivity contribution in [3.8, 4) is 0 Å². The Bertz CT molecular complexity index is 738. The zero-order chi connectivity index (χ0) is 18.1. The molecular weight excluding hydrogens is 340 g/mol. The van der Waals surface area contributed by atoms with Crippen molar-refractivity contribution >= 4 is 23.4 Å². The van der Waals surface area contributed by atoms with Crippen LogP contribution in [0.15, 0.2) is 18.2 Å². The number of benzene rings is 1. The van der Waals surface area contributed by atoms with Crippen molar-refractivity contribution in [1.82, 2.24) is 0 Å². The van der Waals surface area contributed by atoms with Crippen LogP contribution in [0.4, 0.5) is 0 Å². The average molecular weight is 363 g/mol. The van der Waals surface area contributed by atoms with Gasteiger partial charge in [0.15, 0.2) is 5.78 Å². The number of allylic oxidation sites excluding steroid dienone is 2. The molecule has 2 aliphatic heterocycles. The Balaban J connectivity index is 1.98. The number of carbonyl (C=O) groups excluding carboxylic acids is 2. The number of fused-ring (bicyclic) bond motifs is 2. The third-order valence-electron chi connectivity index (χ3n) is 4.78. The van der Waals surface area contributed by atoms with E-state index in [1.807, 2.05) is 32.9 Å². The number of hydrogen-bond acceptors (Lipinski definition) is 4. The lowest BCUT2D eigenvalue weighted by Gasteiger charge is -2.18. The summed E-state index contributed by atoms with van der Waals surface area (Å²) in [5, 5.41) is 0.463. The third kappa shape index (κ3) is 4.13. The number of cyclic esters (lactones) is 1. The third-order valence-corrected chi connectivity index (χ3v) is 5.30. The maximum absolute atomic E-state index is 12.7. The van der Waals surface area contributed by atoms with E-state index in [9.17, 15) is 9.59 Å². The predicted molar refractivity (Wildman–Crippen MR) is 96.2 cm³/mol. The molecule has 5 heteroatoms. The SMILES string of the molecule is Cc1cc(C)c2c(c1Cl)CC(=O)/C=C/CC[C@H]1O[C@@H]1C[C@@H](C)OC2=O. The van der Waals surface area contributed by atoms with Crippen LogP contribution in [-0.2, 0) is 20.7 Å². The number of aryl methyl sites for hydroxylation is 2. The normalized spacial score (nSPS) is 28.4. The number of halogens is 1. The minimum atomic E-state index is -0.423. The number of ketones is 1. The summed E-state index contributed by atoms with van der Waals surface area (Å²) in [5.74, 6) is -0.493. The van der Waals surface area contributed by atoms with Crippen LogP contribution in [0, 0.1) is 13.8 Å². The summed E-state index contributed by atoms with van der Waals surface area (Å²) in [6, 6.07) is 1.86. The Morgan fingerprint density at radius 3 is 2.68 bits per heavy atom. The molecular formula is C20H23ClO4. The summed E-state index contributed by atoms with van der Waals surface area (Å²) < 4.78 is 11.2. The number of esters is 1. The van der Waals surface area contributed by atoms with Crippen molar-refractivity contribution in [3.63, 3.8) is 0 Å². The Labute approximate surface area is 153 Å². The van der Waals surface area contributed by atoms with Crippen LogP contribution in [0.5, 0.6) is 0 Å². The highest BCUT2D eigenvalue weighted by atomic mass is 35.5. The molecule has 2 aliphatic rings. The molecule has 4 nitrogen and oxygen atoms in total. The molecule has 0 spiro atoms. The molecule has 0 radical (unpaired) electrons. The van der Waals surface area contributed by atoms with Gasteiger partial charge in [0.25, 0.3) is 0 Å². The molecule has 0 unspecified atom stereocenters. The van der Waals surface area contributed by atoms with E-state index in [0.29, 0.717) is 22.6 Å². The van der Waals surface area contributed by atoms with E-state index in [0.717, 1.165) is 24.0 Å². The minimum Gasteiger partial charge on any atom is -0.459 e. The van der Waals surface area contributed by atoms with Gasteiger partial charge >= 0.3 is 5.97 Å². The van der Waals surface area contributed by atoms with E-state index in [1.165, 1.54) is 0 Å². The average Bonchev–Trinajstić information content (AvgIpc) is 3.25. The van der Waals surface area contributed by atoms with Crippen molar-refractivity contribution in [2.75, 3.05) is 0 Å². The van der Waals surface area contributed by atoms with Crippen molar-refractivity contribution in [2.45, 2.75) is 64.8 Å². The summed E-state index contributed by atoms with van der Waals surface area (Å²) in [7, 11) is 0. The molecule has 1 aromatic carbocycles. The molecule has 0 saturated carbocycles. The van der Waals surface area contributed by atoms with Gasteiger partial charge in [-0.05, 0) is 56.4 Å². The lowest BCUT2D eigenvalue weighted by Crippen LogP contribution is -2.21. The second-order valence-corrected chi connectivity index (χ2v) is 7.34. The molecule has 0 aliphatic carbocycles. The first-order valence-electron chi connectivity index (χ1n) is 8.71. The Morgan fingerprint density at radius 2 is 1.92 bits per heavy atom. The molecule has 3 atom stereocenters. The van der Waals surface area contributed by atoms with Crippen LogP contribution in [0.25, 0.3) is 0 Å². The van der Waals surface area contributed by atoms with Gasteiger partial charge in [-0.1, -0.05) is 23.7 Å². The summed E-state index contributed by atoms with van der Waals surface area (Å²) in [6.45, 7) is 5.59. The fourth-order valence-corrected chi connectivity index (χ4v) is 3.68. The smallest absolute Gasteiger partial charge is 0.339 e. The standard InChI is InChI=1S/C20H23ClO4/c1-11-8-12(2)19(21)15-10-14(22)6-4-5-7-16-17(25-16)9-13(3)24-20(23)18(11)15/h4,6,8,13,16-17H,5,7,9-10H2,1-3H3/b6-4+/t13-,16-,17-/m1/s1. The summed E-state index contributed by atoms with van der Waals surface area (Å²) >= 11 is 6.43. The summed E-state index contributed by atoms with van der Waals surface area (Å²) in [4.78, 5) is 25.1. The van der Waals surface area contributed by atoms with Gasteiger partial charge in [-0.25, -0.2) is 4.79 Å². The first-order chi connectivity index (χ1) is 11.9. The van der Waals surface area contributed by atoms with Crippen molar-refractivity contribution in [2.24, 2.45) is 0 Å². The fourth-order valence-electron chi connectivity index (χ4n) is 3.46. The first-order valence-corrected chi connectivity index (χ1v) is 9.09. The number of ether oxygens (including phenoxy) is 2. The Morgan fingerprint density at radius 1 is 1.16 bits per heavy atom. The molecule has 134 valence electrons. The van der Waals surface area contributed by atoms with Gasteiger partial charge < -0.3 is 9.47 Å². The van der Waals surface area contributed by atoms with Gasteiger partial charge in [0.2, 0.25) is 0 Å². The highest BCUT2D eigenvalue weighted by Gasteiger charge is 2.39. The van der Waals surface area contributed by atoms with E-state index in [2.05, 4.69) is 0 Å². The van der Waals surface area contributed by atoms with Crippen LogP contribution in [0.2, 0.25) is 5.02 Å². The largest absolute Gasteiger partial charge is 0.459 e. The molecule has 0 aromatic heterocycles.